The lowest BCUT2D eigenvalue weighted by Gasteiger charge is -2.12. The van der Waals surface area contributed by atoms with Gasteiger partial charge in [0.15, 0.2) is 0 Å². The number of nitrogens with one attached hydrogen (secondary N) is 1. The van der Waals surface area contributed by atoms with Crippen LogP contribution in [0, 0.1) is 0 Å². The Morgan fingerprint density at radius 2 is 1.89 bits per heavy atom. The van der Waals surface area contributed by atoms with Gasteiger partial charge in [-0.15, -0.1) is 0 Å². The molecule has 1 atom stereocenters. The standard InChI is InChI=1S/C12H16N2O4S/c1-9-8-12(13-18-9)17-10-4-6-11(7-5-10)19(15,16)14(2)3/h4-9,13H,1-3H3. The number of hydrogen-bond donors (Lipinski definition) is 1. The highest BCUT2D eigenvalue weighted by molar-refractivity contribution is 7.89. The fourth-order valence-electron chi connectivity index (χ4n) is 1.50. The van der Waals surface area contributed by atoms with Gasteiger partial charge in [0.25, 0.3) is 0 Å². The minimum Gasteiger partial charge on any atom is -0.439 e. The molecule has 1 aliphatic rings. The first-order valence-electron chi connectivity index (χ1n) is 5.73. The normalized spacial score (nSPS) is 19.2. The van der Waals surface area contributed by atoms with Crippen LogP contribution in [-0.4, -0.2) is 32.9 Å². The molecule has 0 spiro atoms. The van der Waals surface area contributed by atoms with Crippen LogP contribution in [0.4, 0.5) is 0 Å². The van der Waals surface area contributed by atoms with Gasteiger partial charge in [-0.05, 0) is 31.2 Å². The number of ether oxygens (including phenoxy) is 1. The van der Waals surface area contributed by atoms with E-state index in [1.54, 1.807) is 18.2 Å². The molecule has 1 aromatic rings. The van der Waals surface area contributed by atoms with Crippen LogP contribution in [-0.2, 0) is 14.9 Å². The molecule has 1 N–H and O–H groups in total. The highest BCUT2D eigenvalue weighted by atomic mass is 32.2. The molecule has 0 saturated heterocycles. The van der Waals surface area contributed by atoms with Crippen molar-refractivity contribution in [2.75, 3.05) is 14.1 Å². The third kappa shape index (κ3) is 3.06. The smallest absolute Gasteiger partial charge is 0.242 e. The molecule has 6 nitrogen and oxygen atoms in total. The second-order valence-electron chi connectivity index (χ2n) is 4.32. The molecule has 19 heavy (non-hydrogen) atoms. The second kappa shape index (κ2) is 5.20. The molecule has 1 unspecified atom stereocenters. The van der Waals surface area contributed by atoms with E-state index in [0.717, 1.165) is 0 Å². The van der Waals surface area contributed by atoms with Crippen molar-refractivity contribution in [3.63, 3.8) is 0 Å². The van der Waals surface area contributed by atoms with Crippen molar-refractivity contribution in [1.29, 1.82) is 0 Å². The highest BCUT2D eigenvalue weighted by Gasteiger charge is 2.17. The number of hydrogen-bond acceptors (Lipinski definition) is 5. The Kier molecular flexibility index (Phi) is 3.79. The molecule has 0 radical (unpaired) electrons. The summed E-state index contributed by atoms with van der Waals surface area (Å²) in [7, 11) is -0.423. The van der Waals surface area contributed by atoms with E-state index in [2.05, 4.69) is 5.48 Å². The highest BCUT2D eigenvalue weighted by Crippen LogP contribution is 2.20. The first-order valence-corrected chi connectivity index (χ1v) is 7.17. The maximum atomic E-state index is 11.9. The van der Waals surface area contributed by atoms with E-state index in [1.165, 1.54) is 30.5 Å². The summed E-state index contributed by atoms with van der Waals surface area (Å²) in [5, 5.41) is 0. The molecule has 0 fully saturated rings. The van der Waals surface area contributed by atoms with E-state index in [4.69, 9.17) is 9.57 Å². The maximum absolute atomic E-state index is 11.9. The van der Waals surface area contributed by atoms with E-state index in [0.29, 0.717) is 11.6 Å². The number of benzene rings is 1. The van der Waals surface area contributed by atoms with Crippen molar-refractivity contribution >= 4 is 10.0 Å². The van der Waals surface area contributed by atoms with Gasteiger partial charge < -0.3 is 4.74 Å². The number of rotatable bonds is 4. The lowest BCUT2D eigenvalue weighted by Crippen LogP contribution is -2.22. The summed E-state index contributed by atoms with van der Waals surface area (Å²) in [6.45, 7) is 1.87. The van der Waals surface area contributed by atoms with Crippen molar-refractivity contribution in [1.82, 2.24) is 9.79 Å². The van der Waals surface area contributed by atoms with E-state index < -0.39 is 10.0 Å². The average Bonchev–Trinajstić information content (AvgIpc) is 2.75. The van der Waals surface area contributed by atoms with Gasteiger partial charge in [0.2, 0.25) is 15.9 Å². The van der Waals surface area contributed by atoms with Crippen molar-refractivity contribution in [3.8, 4) is 5.75 Å². The molecule has 1 aliphatic heterocycles. The summed E-state index contributed by atoms with van der Waals surface area (Å²) in [5.74, 6) is 1.03. The van der Waals surface area contributed by atoms with Gasteiger partial charge in [0, 0.05) is 20.2 Å². The van der Waals surface area contributed by atoms with Crippen LogP contribution in [0.3, 0.4) is 0 Å². The molecule has 0 aromatic heterocycles. The predicted octanol–water partition coefficient (Wildman–Crippen LogP) is 1.08. The van der Waals surface area contributed by atoms with Gasteiger partial charge >= 0.3 is 0 Å². The summed E-state index contributed by atoms with van der Waals surface area (Å²) in [6.07, 6.45) is 1.73. The number of nitrogens with zero attached hydrogens (tertiary/aromatic N) is 1. The monoisotopic (exact) mass is 284 g/mol. The number of sulfonamides is 1. The molecule has 0 saturated carbocycles. The van der Waals surface area contributed by atoms with Gasteiger partial charge in [-0.1, -0.05) is 0 Å². The van der Waals surface area contributed by atoms with Gasteiger partial charge in [-0.2, -0.15) is 0 Å². The quantitative estimate of drug-likeness (QED) is 0.896. The Hall–Kier alpha value is -1.57. The molecule has 0 aliphatic carbocycles. The van der Waals surface area contributed by atoms with Crippen LogP contribution in [0.2, 0.25) is 0 Å². The summed E-state index contributed by atoms with van der Waals surface area (Å²) >= 11 is 0. The fraction of sp³-hybridized carbons (Fsp3) is 0.333. The maximum Gasteiger partial charge on any atom is 0.242 e. The average molecular weight is 284 g/mol. The van der Waals surface area contributed by atoms with Gasteiger partial charge in [0.05, 0.1) is 4.90 Å². The lowest BCUT2D eigenvalue weighted by molar-refractivity contribution is 0.0373. The molecule has 2 rings (SSSR count). The van der Waals surface area contributed by atoms with Crippen LogP contribution in [0.25, 0.3) is 0 Å². The van der Waals surface area contributed by atoms with Crippen molar-refractivity contribution in [2.24, 2.45) is 0 Å². The Morgan fingerprint density at radius 1 is 1.26 bits per heavy atom. The van der Waals surface area contributed by atoms with E-state index in [9.17, 15) is 8.42 Å². The fourth-order valence-corrected chi connectivity index (χ4v) is 2.41. The van der Waals surface area contributed by atoms with Crippen LogP contribution >= 0.6 is 0 Å². The summed E-state index contributed by atoms with van der Waals surface area (Å²) in [4.78, 5) is 5.30. The molecule has 1 aromatic carbocycles. The van der Waals surface area contributed by atoms with Crippen molar-refractivity contribution in [3.05, 3.63) is 36.2 Å². The van der Waals surface area contributed by atoms with Crippen molar-refractivity contribution < 1.29 is 18.0 Å². The Labute approximate surface area is 112 Å². The van der Waals surface area contributed by atoms with E-state index in [-0.39, 0.29) is 11.0 Å². The molecule has 104 valence electrons. The first-order chi connectivity index (χ1) is 8.89. The topological polar surface area (TPSA) is 67.9 Å². The zero-order valence-electron chi connectivity index (χ0n) is 11.0. The molecule has 7 heteroatoms. The Balaban J connectivity index is 2.13. The van der Waals surface area contributed by atoms with Crippen LogP contribution in [0.15, 0.2) is 41.1 Å². The largest absolute Gasteiger partial charge is 0.439 e. The second-order valence-corrected chi connectivity index (χ2v) is 6.47. The minimum atomic E-state index is -3.41. The summed E-state index contributed by atoms with van der Waals surface area (Å²) in [6, 6.07) is 6.21. The zero-order valence-corrected chi connectivity index (χ0v) is 11.8. The summed E-state index contributed by atoms with van der Waals surface area (Å²) < 4.78 is 30.4. The third-order valence-electron chi connectivity index (χ3n) is 2.56. The number of hydroxylamine groups is 1. The van der Waals surface area contributed by atoms with E-state index in [1.807, 2.05) is 6.92 Å². The van der Waals surface area contributed by atoms with Gasteiger partial charge in [-0.25, -0.2) is 18.2 Å². The third-order valence-corrected chi connectivity index (χ3v) is 4.39. The Morgan fingerprint density at radius 3 is 2.37 bits per heavy atom. The molecule has 0 amide bonds. The van der Waals surface area contributed by atoms with Gasteiger partial charge in [-0.3, -0.25) is 4.84 Å². The zero-order chi connectivity index (χ0) is 14.0. The molecule has 0 bridgehead atoms. The summed E-state index contributed by atoms with van der Waals surface area (Å²) in [5.41, 5.74) is 2.63. The molecule has 1 heterocycles. The van der Waals surface area contributed by atoms with Crippen LogP contribution < -0.4 is 10.2 Å². The van der Waals surface area contributed by atoms with Crippen LogP contribution in [0.1, 0.15) is 6.92 Å². The minimum absolute atomic E-state index is 0.0524. The van der Waals surface area contributed by atoms with Crippen LogP contribution in [0.5, 0.6) is 5.75 Å². The SMILES string of the molecule is CC1C=C(Oc2ccc(S(=O)(=O)N(C)C)cc2)NO1. The van der Waals surface area contributed by atoms with Crippen molar-refractivity contribution in [2.45, 2.75) is 17.9 Å². The molecular weight excluding hydrogens is 268 g/mol. The lowest BCUT2D eigenvalue weighted by atomic mass is 10.3. The first kappa shape index (κ1) is 13.9. The Bertz CT molecular complexity index is 578. The van der Waals surface area contributed by atoms with Gasteiger partial charge in [0.1, 0.15) is 11.9 Å². The predicted molar refractivity (Wildman–Crippen MR) is 69.7 cm³/mol. The van der Waals surface area contributed by atoms with E-state index >= 15 is 0 Å². The molecular formula is C12H16N2O4S.